The molecule has 76 valence electrons. The average molecular weight is 192 g/mol. The minimum atomic E-state index is -0.0206. The van der Waals surface area contributed by atoms with Gasteiger partial charge in [0.1, 0.15) is 0 Å². The van der Waals surface area contributed by atoms with E-state index >= 15 is 0 Å². The predicted octanol–water partition coefficient (Wildman–Crippen LogP) is 1.78. The van der Waals surface area contributed by atoms with Crippen molar-refractivity contribution >= 4 is 5.78 Å². The van der Waals surface area contributed by atoms with Crippen LogP contribution in [0.4, 0.5) is 0 Å². The van der Waals surface area contributed by atoms with Crippen molar-refractivity contribution in [3.8, 4) is 0 Å². The lowest BCUT2D eigenvalue weighted by Gasteiger charge is -2.08. The Labute approximate surface area is 84.3 Å². The van der Waals surface area contributed by atoms with Crippen molar-refractivity contribution in [2.45, 2.75) is 32.2 Å². The zero-order valence-corrected chi connectivity index (χ0v) is 8.44. The van der Waals surface area contributed by atoms with Gasteiger partial charge in [-0.05, 0) is 18.6 Å². The van der Waals surface area contributed by atoms with E-state index in [1.165, 1.54) is 0 Å². The number of aromatic nitrogens is 1. The summed E-state index contributed by atoms with van der Waals surface area (Å²) in [6, 6.07) is 3.51. The number of pyridine rings is 1. The fraction of sp³-hybridized carbons (Fsp3) is 0.455. The SMILES string of the molecule is CCCC(N)CC(=O)c1cccnc1. The molecule has 0 aliphatic carbocycles. The maximum absolute atomic E-state index is 11.6. The second-order valence-corrected chi connectivity index (χ2v) is 3.42. The maximum atomic E-state index is 11.6. The molecule has 0 aliphatic rings. The van der Waals surface area contributed by atoms with E-state index in [0.29, 0.717) is 12.0 Å². The van der Waals surface area contributed by atoms with E-state index in [1.807, 2.05) is 0 Å². The molecule has 0 aliphatic heterocycles. The Kier molecular flexibility index (Phi) is 4.26. The first-order valence-corrected chi connectivity index (χ1v) is 4.93. The van der Waals surface area contributed by atoms with Crippen LogP contribution < -0.4 is 5.73 Å². The van der Waals surface area contributed by atoms with Gasteiger partial charge in [-0.2, -0.15) is 0 Å². The van der Waals surface area contributed by atoms with Gasteiger partial charge >= 0.3 is 0 Å². The number of nitrogens with two attached hydrogens (primary N) is 1. The standard InChI is InChI=1S/C11H16N2O/c1-2-4-10(12)7-11(14)9-5-3-6-13-8-9/h3,5-6,8,10H,2,4,7,12H2,1H3. The molecule has 2 N–H and O–H groups in total. The van der Waals surface area contributed by atoms with E-state index in [1.54, 1.807) is 24.5 Å². The van der Waals surface area contributed by atoms with Crippen molar-refractivity contribution in [3.63, 3.8) is 0 Å². The van der Waals surface area contributed by atoms with Crippen molar-refractivity contribution in [3.05, 3.63) is 30.1 Å². The summed E-state index contributed by atoms with van der Waals surface area (Å²) in [5, 5.41) is 0. The van der Waals surface area contributed by atoms with Crippen LogP contribution in [-0.2, 0) is 0 Å². The van der Waals surface area contributed by atoms with Crippen molar-refractivity contribution in [2.75, 3.05) is 0 Å². The number of Topliss-reactive ketones (excluding diaryl/α,β-unsaturated/α-hetero) is 1. The highest BCUT2D eigenvalue weighted by atomic mass is 16.1. The van der Waals surface area contributed by atoms with Crippen molar-refractivity contribution in [1.82, 2.24) is 4.98 Å². The van der Waals surface area contributed by atoms with Crippen LogP contribution >= 0.6 is 0 Å². The summed E-state index contributed by atoms with van der Waals surface area (Å²) in [4.78, 5) is 15.5. The van der Waals surface area contributed by atoms with Gasteiger partial charge in [0.2, 0.25) is 0 Å². The highest BCUT2D eigenvalue weighted by molar-refractivity contribution is 5.96. The molecule has 1 unspecified atom stereocenters. The Morgan fingerprint density at radius 3 is 3.00 bits per heavy atom. The van der Waals surface area contributed by atoms with E-state index in [0.717, 1.165) is 12.8 Å². The summed E-state index contributed by atoms with van der Waals surface area (Å²) in [6.07, 6.45) is 5.57. The van der Waals surface area contributed by atoms with E-state index in [4.69, 9.17) is 5.73 Å². The quantitative estimate of drug-likeness (QED) is 0.723. The molecule has 1 aromatic rings. The van der Waals surface area contributed by atoms with Gasteiger partial charge < -0.3 is 5.73 Å². The summed E-state index contributed by atoms with van der Waals surface area (Å²) in [7, 11) is 0. The largest absolute Gasteiger partial charge is 0.327 e. The van der Waals surface area contributed by atoms with Crippen molar-refractivity contribution in [1.29, 1.82) is 0 Å². The first-order valence-electron chi connectivity index (χ1n) is 4.93. The lowest BCUT2D eigenvalue weighted by atomic mass is 10.0. The predicted molar refractivity (Wildman–Crippen MR) is 56.1 cm³/mol. The zero-order valence-electron chi connectivity index (χ0n) is 8.44. The van der Waals surface area contributed by atoms with Crippen molar-refractivity contribution < 1.29 is 4.79 Å². The Balaban J connectivity index is 2.51. The van der Waals surface area contributed by atoms with Gasteiger partial charge in [-0.25, -0.2) is 0 Å². The topological polar surface area (TPSA) is 56.0 Å². The highest BCUT2D eigenvalue weighted by Crippen LogP contribution is 2.05. The monoisotopic (exact) mass is 192 g/mol. The van der Waals surface area contributed by atoms with Crippen LogP contribution in [0, 0.1) is 0 Å². The molecule has 3 nitrogen and oxygen atoms in total. The molecule has 1 aromatic heterocycles. The lowest BCUT2D eigenvalue weighted by molar-refractivity contribution is 0.0973. The molecule has 0 saturated heterocycles. The average Bonchev–Trinajstić information content (AvgIpc) is 2.19. The molecular formula is C11H16N2O. The Morgan fingerprint density at radius 1 is 1.64 bits per heavy atom. The lowest BCUT2D eigenvalue weighted by Crippen LogP contribution is -2.23. The Bertz CT molecular complexity index is 285. The van der Waals surface area contributed by atoms with Gasteiger partial charge in [0.05, 0.1) is 0 Å². The number of nitrogens with zero attached hydrogens (tertiary/aromatic N) is 1. The maximum Gasteiger partial charge on any atom is 0.165 e. The van der Waals surface area contributed by atoms with Gasteiger partial charge in [-0.15, -0.1) is 0 Å². The van der Waals surface area contributed by atoms with Gasteiger partial charge in [0, 0.05) is 30.4 Å². The molecule has 0 saturated carbocycles. The minimum absolute atomic E-state index is 0.0206. The summed E-state index contributed by atoms with van der Waals surface area (Å²) < 4.78 is 0. The molecule has 1 rings (SSSR count). The van der Waals surface area contributed by atoms with Crippen LogP contribution in [0.3, 0.4) is 0 Å². The van der Waals surface area contributed by atoms with E-state index in [-0.39, 0.29) is 11.8 Å². The fourth-order valence-electron chi connectivity index (χ4n) is 1.36. The third-order valence-corrected chi connectivity index (χ3v) is 2.09. The molecule has 0 amide bonds. The van der Waals surface area contributed by atoms with Gasteiger partial charge in [-0.1, -0.05) is 13.3 Å². The number of carbonyl (C=O) groups excluding carboxylic acids is 1. The van der Waals surface area contributed by atoms with Crippen LogP contribution in [0.5, 0.6) is 0 Å². The molecule has 3 heteroatoms. The van der Waals surface area contributed by atoms with E-state index < -0.39 is 0 Å². The van der Waals surface area contributed by atoms with Gasteiger partial charge in [0.15, 0.2) is 5.78 Å². The minimum Gasteiger partial charge on any atom is -0.327 e. The van der Waals surface area contributed by atoms with Gasteiger partial charge in [0.25, 0.3) is 0 Å². The normalized spacial score (nSPS) is 12.4. The Morgan fingerprint density at radius 2 is 2.43 bits per heavy atom. The van der Waals surface area contributed by atoms with Crippen molar-refractivity contribution in [2.24, 2.45) is 5.73 Å². The van der Waals surface area contributed by atoms with Crippen LogP contribution in [-0.4, -0.2) is 16.8 Å². The molecule has 0 radical (unpaired) electrons. The van der Waals surface area contributed by atoms with E-state index in [2.05, 4.69) is 11.9 Å². The third-order valence-electron chi connectivity index (χ3n) is 2.09. The molecule has 0 fully saturated rings. The fourth-order valence-corrected chi connectivity index (χ4v) is 1.36. The first kappa shape index (κ1) is 10.9. The second-order valence-electron chi connectivity index (χ2n) is 3.42. The molecule has 14 heavy (non-hydrogen) atoms. The number of rotatable bonds is 5. The summed E-state index contributed by atoms with van der Waals surface area (Å²) in [6.45, 7) is 2.06. The highest BCUT2D eigenvalue weighted by Gasteiger charge is 2.10. The Hall–Kier alpha value is -1.22. The first-order chi connectivity index (χ1) is 6.74. The molecule has 1 heterocycles. The number of hydrogen-bond donors (Lipinski definition) is 1. The molecular weight excluding hydrogens is 176 g/mol. The third kappa shape index (κ3) is 3.26. The summed E-state index contributed by atoms with van der Waals surface area (Å²) >= 11 is 0. The van der Waals surface area contributed by atoms with E-state index in [9.17, 15) is 4.79 Å². The number of ketones is 1. The molecule has 1 atom stereocenters. The summed E-state index contributed by atoms with van der Waals surface area (Å²) in [5.74, 6) is 0.0825. The zero-order chi connectivity index (χ0) is 10.4. The number of hydrogen-bond acceptors (Lipinski definition) is 3. The smallest absolute Gasteiger partial charge is 0.165 e. The second kappa shape index (κ2) is 5.50. The van der Waals surface area contributed by atoms with Crippen LogP contribution in [0.15, 0.2) is 24.5 Å². The number of carbonyl (C=O) groups is 1. The summed E-state index contributed by atoms with van der Waals surface area (Å²) in [5.41, 5.74) is 6.43. The van der Waals surface area contributed by atoms with Crippen LogP contribution in [0.2, 0.25) is 0 Å². The molecule has 0 bridgehead atoms. The van der Waals surface area contributed by atoms with Crippen LogP contribution in [0.25, 0.3) is 0 Å². The van der Waals surface area contributed by atoms with Crippen LogP contribution in [0.1, 0.15) is 36.5 Å². The molecule has 0 spiro atoms. The molecule has 0 aromatic carbocycles. The van der Waals surface area contributed by atoms with Gasteiger partial charge in [-0.3, -0.25) is 9.78 Å².